The predicted molar refractivity (Wildman–Crippen MR) is 244 cm³/mol. The lowest BCUT2D eigenvalue weighted by Crippen LogP contribution is -2.50. The van der Waals surface area contributed by atoms with Crippen LogP contribution in [-0.4, -0.2) is 34.9 Å². The van der Waals surface area contributed by atoms with Gasteiger partial charge in [0, 0.05) is 45.0 Å². The van der Waals surface area contributed by atoms with E-state index in [-0.39, 0.29) is 17.5 Å². The number of nitrogens with one attached hydrogen (secondary N) is 1. The van der Waals surface area contributed by atoms with Gasteiger partial charge < -0.3 is 15.1 Å². The van der Waals surface area contributed by atoms with Gasteiger partial charge >= 0.3 is 0 Å². The Bertz CT molecular complexity index is 2620. The maximum atomic E-state index is 5.58. The molecule has 6 aliphatic carbocycles. The summed E-state index contributed by atoms with van der Waals surface area (Å²) in [5.41, 5.74) is 15.3. The molecule has 3 aromatic rings. The molecule has 0 saturated heterocycles. The lowest BCUT2D eigenvalue weighted by molar-refractivity contribution is 0.286. The molecule has 8 aliphatic rings. The number of para-hydroxylation sites is 1. The van der Waals surface area contributed by atoms with Gasteiger partial charge in [-0.05, 0) is 127 Å². The van der Waals surface area contributed by atoms with E-state index in [2.05, 4.69) is 170 Å². The average molecular weight is 777 g/mol. The van der Waals surface area contributed by atoms with Crippen LogP contribution in [0, 0.1) is 11.3 Å². The normalized spacial score (nSPS) is 28.3. The molecular weight excluding hydrogens is 725 g/mol. The average Bonchev–Trinajstić information content (AvgIpc) is 3.77. The van der Waals surface area contributed by atoms with E-state index in [0.717, 1.165) is 63.0 Å². The first-order chi connectivity index (χ1) is 28.4. The summed E-state index contributed by atoms with van der Waals surface area (Å²) in [7, 11) is 2.29. The summed E-state index contributed by atoms with van der Waals surface area (Å²) in [4.78, 5) is 12.1. The molecule has 0 amide bonds. The number of rotatable bonds is 5. The van der Waals surface area contributed by atoms with Crippen LogP contribution in [0.1, 0.15) is 86.4 Å². The fourth-order valence-electron chi connectivity index (χ4n) is 11.0. The van der Waals surface area contributed by atoms with E-state index in [9.17, 15) is 0 Å². The van der Waals surface area contributed by atoms with Crippen LogP contribution < -0.4 is 5.32 Å². The lowest BCUT2D eigenvalue weighted by atomic mass is 9.72. The van der Waals surface area contributed by atoms with E-state index < -0.39 is 0 Å². The van der Waals surface area contributed by atoms with Crippen LogP contribution >= 0.6 is 11.3 Å². The van der Waals surface area contributed by atoms with Gasteiger partial charge in [-0.2, -0.15) is 0 Å². The van der Waals surface area contributed by atoms with Crippen LogP contribution in [-0.2, 0) is 6.42 Å². The quantitative estimate of drug-likeness (QED) is 0.280. The summed E-state index contributed by atoms with van der Waals surface area (Å²) in [6.45, 7) is 4.80. The molecule has 290 valence electrons. The Balaban J connectivity index is 1.000. The number of nitrogens with zero attached hydrogens (tertiary/aromatic N) is 3. The van der Waals surface area contributed by atoms with Crippen molar-refractivity contribution in [2.45, 2.75) is 83.3 Å². The van der Waals surface area contributed by atoms with Crippen molar-refractivity contribution >= 4 is 39.1 Å². The topological polar surface area (TPSA) is 30.9 Å². The maximum Gasteiger partial charge on any atom is 0.207 e. The molecule has 4 nitrogen and oxygen atoms in total. The molecule has 5 atom stereocenters. The number of aryl methyl sites for hydroxylation is 1. The van der Waals surface area contributed by atoms with Crippen LogP contribution in [0.4, 0.5) is 5.69 Å². The Labute approximate surface area is 347 Å². The van der Waals surface area contributed by atoms with Crippen LogP contribution in [0.25, 0.3) is 16.2 Å². The van der Waals surface area contributed by atoms with Gasteiger partial charge in [-0.3, -0.25) is 0 Å². The van der Waals surface area contributed by atoms with Crippen molar-refractivity contribution in [3.8, 4) is 0 Å². The number of aliphatic imine (C=N–C) groups is 1. The molecule has 1 aromatic heterocycles. The fourth-order valence-corrected chi connectivity index (χ4v) is 12.3. The van der Waals surface area contributed by atoms with Crippen molar-refractivity contribution in [3.63, 3.8) is 0 Å². The molecule has 2 aromatic carbocycles. The number of hydrogen-bond donors (Lipinski definition) is 1. The van der Waals surface area contributed by atoms with Gasteiger partial charge in [0.05, 0.1) is 17.8 Å². The van der Waals surface area contributed by atoms with Gasteiger partial charge in [0.25, 0.3) is 0 Å². The zero-order chi connectivity index (χ0) is 39.0. The summed E-state index contributed by atoms with van der Waals surface area (Å²) in [6, 6.07) is 16.4. The first-order valence-corrected chi connectivity index (χ1v) is 22.4. The number of allylic oxidation sites excluding steroid dienone is 16. The van der Waals surface area contributed by atoms with Crippen molar-refractivity contribution in [2.75, 3.05) is 7.05 Å². The zero-order valence-corrected chi connectivity index (χ0v) is 34.7. The summed E-state index contributed by atoms with van der Waals surface area (Å²) < 4.78 is 1.41. The second-order valence-electron chi connectivity index (χ2n) is 17.6. The van der Waals surface area contributed by atoms with Crippen molar-refractivity contribution in [1.29, 1.82) is 0 Å². The van der Waals surface area contributed by atoms with Crippen molar-refractivity contribution in [1.82, 2.24) is 15.1 Å². The molecule has 0 fully saturated rings. The van der Waals surface area contributed by atoms with Crippen LogP contribution in [0.2, 0.25) is 0 Å². The molecule has 58 heavy (non-hydrogen) atoms. The van der Waals surface area contributed by atoms with Crippen molar-refractivity contribution < 1.29 is 0 Å². The Morgan fingerprint density at radius 1 is 0.828 bits per heavy atom. The van der Waals surface area contributed by atoms with E-state index >= 15 is 0 Å². The summed E-state index contributed by atoms with van der Waals surface area (Å²) in [6.07, 6.45) is 43.7. The second kappa shape index (κ2) is 14.2. The summed E-state index contributed by atoms with van der Waals surface area (Å²) in [5, 5.41) is 5.40. The highest BCUT2D eigenvalue weighted by Crippen LogP contribution is 2.55. The first-order valence-electron chi connectivity index (χ1n) is 21.6. The first kappa shape index (κ1) is 35.7. The molecule has 5 heteroatoms. The standard InChI is InChI=1S/C53H52N4S/c1-34-15-13-16-37(31-34)43-32-35(26-28-46(43)54-38-17-5-4-6-18-38)36-27-29-47-44(33-36)53(2)30-12-11-25-49(53)57(47)52-55-45-23-9-7-20-41(45)50(56(52)3)42-22-14-21-40-39-19-8-10-24-48(39)58-51(40)42/h4-7,9-17,20-25,30,32-34,38,49-50,54H,8,18-19,26-29,31H2,1-3H3/t34-,38?,49?,50?,53?/m0/s1. The Kier molecular flexibility index (Phi) is 8.73. The number of thiophene rings is 1. The molecular formula is C53H52N4S. The second-order valence-corrected chi connectivity index (χ2v) is 18.6. The van der Waals surface area contributed by atoms with Gasteiger partial charge in [0.2, 0.25) is 5.96 Å². The number of fused-ring (bicyclic) bond motifs is 6. The van der Waals surface area contributed by atoms with E-state index in [4.69, 9.17) is 4.99 Å². The van der Waals surface area contributed by atoms with E-state index in [0.29, 0.717) is 12.0 Å². The van der Waals surface area contributed by atoms with Crippen molar-refractivity contribution in [3.05, 3.63) is 188 Å². The smallest absolute Gasteiger partial charge is 0.207 e. The highest BCUT2D eigenvalue weighted by molar-refractivity contribution is 7.20. The third-order valence-electron chi connectivity index (χ3n) is 13.9. The molecule has 0 bridgehead atoms. The molecule has 0 spiro atoms. The minimum Gasteiger partial charge on any atom is -0.381 e. The third kappa shape index (κ3) is 5.79. The molecule has 3 heterocycles. The lowest BCUT2D eigenvalue weighted by Gasteiger charge is -2.43. The highest BCUT2D eigenvalue weighted by Gasteiger charge is 2.51. The van der Waals surface area contributed by atoms with Gasteiger partial charge in [-0.1, -0.05) is 122 Å². The molecule has 1 N–H and O–H groups in total. The van der Waals surface area contributed by atoms with Crippen LogP contribution in [0.15, 0.2) is 172 Å². The van der Waals surface area contributed by atoms with Gasteiger partial charge in [-0.25, -0.2) is 4.99 Å². The van der Waals surface area contributed by atoms with E-state index in [1.165, 1.54) is 70.9 Å². The zero-order valence-electron chi connectivity index (χ0n) is 33.9. The fraction of sp³-hybridized carbons (Fsp3) is 0.302. The Morgan fingerprint density at radius 3 is 2.59 bits per heavy atom. The highest BCUT2D eigenvalue weighted by atomic mass is 32.1. The van der Waals surface area contributed by atoms with Gasteiger partial charge in [-0.15, -0.1) is 11.3 Å². The van der Waals surface area contributed by atoms with E-state index in [1.54, 1.807) is 0 Å². The maximum absolute atomic E-state index is 5.58. The largest absolute Gasteiger partial charge is 0.381 e. The molecule has 0 radical (unpaired) electrons. The minimum absolute atomic E-state index is 0.0531. The minimum atomic E-state index is -0.168. The van der Waals surface area contributed by atoms with Gasteiger partial charge in [0.15, 0.2) is 0 Å². The number of guanidine groups is 1. The van der Waals surface area contributed by atoms with E-state index in [1.807, 2.05) is 11.3 Å². The van der Waals surface area contributed by atoms with Crippen molar-refractivity contribution in [2.24, 2.45) is 16.3 Å². The van der Waals surface area contributed by atoms with Gasteiger partial charge in [0.1, 0.15) is 0 Å². The molecule has 2 aliphatic heterocycles. The number of hydrogen-bond acceptors (Lipinski definition) is 5. The van der Waals surface area contributed by atoms with Crippen LogP contribution in [0.3, 0.4) is 0 Å². The SMILES string of the molecule is C[C@H]1C=CC=C(C2=C(NC3C=CC=CC3)CCC(C3=CC4=C(CC3)N(C3=Nc5ccccc5C(c5cccc6c7c(sc56)C=CCC7)N3C)C3C=CC=CC43C)=C2)C1. The Morgan fingerprint density at radius 2 is 1.69 bits per heavy atom. The summed E-state index contributed by atoms with van der Waals surface area (Å²) in [5.74, 6) is 1.60. The summed E-state index contributed by atoms with van der Waals surface area (Å²) >= 11 is 1.97. The molecule has 0 saturated carbocycles. The third-order valence-corrected chi connectivity index (χ3v) is 15.2. The Hall–Kier alpha value is -5.39. The molecule has 4 unspecified atom stereocenters. The molecule has 11 rings (SSSR count). The monoisotopic (exact) mass is 776 g/mol. The number of benzene rings is 2. The van der Waals surface area contributed by atoms with Crippen LogP contribution in [0.5, 0.6) is 0 Å². The predicted octanol–water partition coefficient (Wildman–Crippen LogP) is 12.6.